The summed E-state index contributed by atoms with van der Waals surface area (Å²) in [6.45, 7) is 13.6. The standard InChI is InChI=1S/C38H48N8O4S2/c1-7-19-42-25-17-15-24(16-18-25)38-46-30-28-27-29(31(47-20(5)39)34(36(28)52-38)50-44-10-4)45-37(23-13-11-22(12-14-23)26(41)8-2)51-35(27)33(48-21(6)40)32(30)49-43-9-3/h11-18,20-21,26,42-44H,7-10,19,39-41H2,1-6H3. The topological polar surface area (TPSA) is 176 Å². The summed E-state index contributed by atoms with van der Waals surface area (Å²) in [6, 6.07) is 16.3. The SMILES string of the molecule is CCCNc1ccc(C2=Nc3c(ONCC)c(OC(C)N)c4c5c(c(OC(C)N)c(ONCC)c(c35)S2)N=C(c2ccc(C(N)CC)cc2)S4)cc1. The van der Waals surface area contributed by atoms with Crippen molar-refractivity contribution in [3.63, 3.8) is 0 Å². The molecular weight excluding hydrogens is 697 g/mol. The molecule has 4 aromatic rings. The van der Waals surface area contributed by atoms with Crippen LogP contribution in [0.15, 0.2) is 68.3 Å². The second kappa shape index (κ2) is 16.8. The first-order valence-electron chi connectivity index (χ1n) is 17.8. The van der Waals surface area contributed by atoms with E-state index in [9.17, 15) is 0 Å². The molecule has 2 aliphatic heterocycles. The number of hydrogen-bond donors (Lipinski definition) is 6. The fourth-order valence-corrected chi connectivity index (χ4v) is 8.05. The first kappa shape index (κ1) is 37.7. The molecule has 12 nitrogen and oxygen atoms in total. The summed E-state index contributed by atoms with van der Waals surface area (Å²) < 4.78 is 12.9. The number of rotatable bonds is 17. The first-order chi connectivity index (χ1) is 25.2. The maximum absolute atomic E-state index is 6.45. The van der Waals surface area contributed by atoms with Crippen molar-refractivity contribution in [2.24, 2.45) is 27.2 Å². The minimum atomic E-state index is -0.683. The van der Waals surface area contributed by atoms with Gasteiger partial charge in [0.15, 0.2) is 11.5 Å². The van der Waals surface area contributed by atoms with E-state index < -0.39 is 12.5 Å². The predicted octanol–water partition coefficient (Wildman–Crippen LogP) is 7.61. The predicted molar refractivity (Wildman–Crippen MR) is 214 cm³/mol. The minimum Gasteiger partial charge on any atom is -0.471 e. The number of nitrogens with one attached hydrogen (secondary N) is 3. The summed E-state index contributed by atoms with van der Waals surface area (Å²) in [5.74, 6) is 1.69. The highest BCUT2D eigenvalue weighted by Gasteiger charge is 2.38. The van der Waals surface area contributed by atoms with Crippen LogP contribution in [0.3, 0.4) is 0 Å². The minimum absolute atomic E-state index is 0.0564. The van der Waals surface area contributed by atoms with Crippen LogP contribution in [0, 0.1) is 0 Å². The van der Waals surface area contributed by atoms with Crippen LogP contribution in [0.25, 0.3) is 10.8 Å². The van der Waals surface area contributed by atoms with Crippen molar-refractivity contribution in [2.45, 2.75) is 82.7 Å². The van der Waals surface area contributed by atoms with E-state index in [4.69, 9.17) is 46.3 Å². The van der Waals surface area contributed by atoms with Gasteiger partial charge < -0.3 is 30.2 Å². The summed E-state index contributed by atoms with van der Waals surface area (Å²) >= 11 is 2.95. The van der Waals surface area contributed by atoms with Crippen LogP contribution in [0.1, 0.15) is 77.1 Å². The molecule has 3 unspecified atom stereocenters. The molecule has 4 aromatic carbocycles. The Morgan fingerprint density at radius 1 is 0.654 bits per heavy atom. The molecule has 0 spiro atoms. The lowest BCUT2D eigenvalue weighted by Crippen LogP contribution is -2.26. The number of thioether (sulfide) groups is 2. The normalized spacial score (nSPS) is 15.0. The molecule has 2 heterocycles. The Hall–Kier alpha value is -4.02. The molecule has 0 saturated heterocycles. The summed E-state index contributed by atoms with van der Waals surface area (Å²) in [5.41, 5.74) is 30.1. The average Bonchev–Trinajstić information content (AvgIpc) is 3.15. The fraction of sp³-hybridized carbons (Fsp3) is 0.368. The molecule has 0 aliphatic carbocycles. The van der Waals surface area contributed by atoms with E-state index in [0.29, 0.717) is 52.5 Å². The van der Waals surface area contributed by atoms with Gasteiger partial charge in [-0.05, 0) is 58.2 Å². The van der Waals surface area contributed by atoms with Gasteiger partial charge in [-0.2, -0.15) is 11.0 Å². The molecule has 0 amide bonds. The highest BCUT2D eigenvalue weighted by atomic mass is 32.2. The molecule has 0 fully saturated rings. The number of aliphatic imine (C=N–C) groups is 2. The third-order valence-corrected chi connectivity index (χ3v) is 10.5. The molecule has 0 aromatic heterocycles. The zero-order valence-electron chi connectivity index (χ0n) is 30.5. The fourth-order valence-electron chi connectivity index (χ4n) is 5.82. The monoisotopic (exact) mass is 744 g/mol. The van der Waals surface area contributed by atoms with E-state index in [1.165, 1.54) is 23.5 Å². The molecule has 2 aliphatic rings. The second-order valence-corrected chi connectivity index (χ2v) is 14.4. The number of ether oxygens (including phenoxy) is 2. The van der Waals surface area contributed by atoms with Gasteiger partial charge in [0.1, 0.15) is 33.9 Å². The van der Waals surface area contributed by atoms with Crippen LogP contribution in [0.4, 0.5) is 17.1 Å². The molecular formula is C38H48N8O4S2. The number of hydrogen-bond acceptors (Lipinski definition) is 14. The van der Waals surface area contributed by atoms with Crippen LogP contribution in [-0.2, 0) is 0 Å². The molecule has 6 rings (SSSR count). The van der Waals surface area contributed by atoms with Crippen LogP contribution in [0.5, 0.6) is 23.0 Å². The quantitative estimate of drug-likeness (QED) is 0.0462. The Bertz CT molecular complexity index is 1970. The van der Waals surface area contributed by atoms with E-state index in [2.05, 4.69) is 54.4 Å². The zero-order chi connectivity index (χ0) is 36.9. The largest absolute Gasteiger partial charge is 0.471 e. The lowest BCUT2D eigenvalue weighted by atomic mass is 10.0. The van der Waals surface area contributed by atoms with Gasteiger partial charge in [0.2, 0.25) is 11.5 Å². The van der Waals surface area contributed by atoms with E-state index in [1.54, 1.807) is 13.8 Å². The molecule has 276 valence electrons. The van der Waals surface area contributed by atoms with Gasteiger partial charge in [-0.25, -0.2) is 9.98 Å². The van der Waals surface area contributed by atoms with Crippen molar-refractivity contribution in [3.05, 3.63) is 65.2 Å². The Kier molecular flexibility index (Phi) is 12.2. The molecule has 3 atom stereocenters. The van der Waals surface area contributed by atoms with Gasteiger partial charge in [-0.1, -0.05) is 73.8 Å². The summed E-state index contributed by atoms with van der Waals surface area (Å²) in [5, 5.41) is 6.45. The first-order valence-corrected chi connectivity index (χ1v) is 19.4. The van der Waals surface area contributed by atoms with Gasteiger partial charge in [-0.3, -0.25) is 11.5 Å². The number of nitrogens with zero attached hydrogens (tertiary/aromatic N) is 2. The molecule has 14 heteroatoms. The third kappa shape index (κ3) is 7.69. The van der Waals surface area contributed by atoms with Crippen LogP contribution in [0.2, 0.25) is 0 Å². The van der Waals surface area contributed by atoms with Crippen LogP contribution < -0.4 is 52.6 Å². The van der Waals surface area contributed by atoms with Crippen molar-refractivity contribution in [1.29, 1.82) is 0 Å². The Labute approximate surface area is 313 Å². The lowest BCUT2D eigenvalue weighted by molar-refractivity contribution is 0.168. The maximum atomic E-state index is 6.45. The van der Waals surface area contributed by atoms with Crippen molar-refractivity contribution in [3.8, 4) is 23.0 Å². The molecule has 0 saturated carbocycles. The van der Waals surface area contributed by atoms with E-state index >= 15 is 0 Å². The Morgan fingerprint density at radius 2 is 1.15 bits per heavy atom. The molecule has 52 heavy (non-hydrogen) atoms. The van der Waals surface area contributed by atoms with Gasteiger partial charge in [-0.15, -0.1) is 0 Å². The smallest absolute Gasteiger partial charge is 0.216 e. The number of nitrogens with two attached hydrogens (primary N) is 3. The van der Waals surface area contributed by atoms with E-state index in [1.807, 2.05) is 38.1 Å². The summed E-state index contributed by atoms with van der Waals surface area (Å²) in [6.07, 6.45) is 0.500. The van der Waals surface area contributed by atoms with Crippen molar-refractivity contribution in [1.82, 2.24) is 11.0 Å². The summed E-state index contributed by atoms with van der Waals surface area (Å²) in [4.78, 5) is 24.8. The Balaban J connectivity index is 1.68. The highest BCUT2D eigenvalue weighted by molar-refractivity contribution is 8.15. The highest BCUT2D eigenvalue weighted by Crippen LogP contribution is 2.64. The van der Waals surface area contributed by atoms with E-state index in [-0.39, 0.29) is 6.04 Å². The lowest BCUT2D eigenvalue weighted by Gasteiger charge is -2.30. The van der Waals surface area contributed by atoms with Crippen LogP contribution in [-0.4, -0.2) is 42.2 Å². The van der Waals surface area contributed by atoms with Crippen LogP contribution >= 0.6 is 23.5 Å². The van der Waals surface area contributed by atoms with Crippen molar-refractivity contribution >= 4 is 61.4 Å². The summed E-state index contributed by atoms with van der Waals surface area (Å²) in [7, 11) is 0. The zero-order valence-corrected chi connectivity index (χ0v) is 32.1. The Morgan fingerprint density at radius 3 is 1.67 bits per heavy atom. The van der Waals surface area contributed by atoms with Gasteiger partial charge in [0.25, 0.3) is 0 Å². The number of hydroxylamine groups is 2. The van der Waals surface area contributed by atoms with E-state index in [0.717, 1.165) is 67.4 Å². The third-order valence-electron chi connectivity index (χ3n) is 8.24. The molecule has 9 N–H and O–H groups in total. The number of anilines is 1. The number of benzene rings is 4. The maximum Gasteiger partial charge on any atom is 0.216 e. The van der Waals surface area contributed by atoms with Gasteiger partial charge in [0.05, 0.1) is 9.79 Å². The van der Waals surface area contributed by atoms with Crippen molar-refractivity contribution < 1.29 is 19.1 Å². The average molecular weight is 745 g/mol. The molecule has 0 bridgehead atoms. The molecule has 0 radical (unpaired) electrons. The van der Waals surface area contributed by atoms with Crippen molar-refractivity contribution in [2.75, 3.05) is 25.0 Å². The second-order valence-electron chi connectivity index (χ2n) is 12.4. The van der Waals surface area contributed by atoms with Gasteiger partial charge in [0, 0.05) is 53.3 Å². The van der Waals surface area contributed by atoms with Gasteiger partial charge >= 0.3 is 0 Å².